The van der Waals surface area contributed by atoms with Crippen LogP contribution in [0.5, 0.6) is 0 Å². The van der Waals surface area contributed by atoms with E-state index in [1.165, 1.54) is 17.3 Å². The minimum absolute atomic E-state index is 0.0437. The standard InChI is InChI=1S/C19H18BrN3O/c1-14-3-2-4-15(11-14)9-10-22-13-16(12-21)19(24)23-18-7-5-17(20)6-8-18/h2-8,11,13,22H,9-10H2,1H3,(H,23,24)/b16-13-. The van der Waals surface area contributed by atoms with Crippen molar-refractivity contribution in [2.24, 2.45) is 0 Å². The van der Waals surface area contributed by atoms with Gasteiger partial charge in [0.15, 0.2) is 0 Å². The van der Waals surface area contributed by atoms with Crippen LogP contribution >= 0.6 is 15.9 Å². The van der Waals surface area contributed by atoms with Crippen molar-refractivity contribution in [1.82, 2.24) is 5.32 Å². The number of hydrogen-bond acceptors (Lipinski definition) is 3. The topological polar surface area (TPSA) is 64.9 Å². The van der Waals surface area contributed by atoms with Crippen LogP contribution in [-0.4, -0.2) is 12.5 Å². The lowest BCUT2D eigenvalue weighted by molar-refractivity contribution is -0.112. The minimum atomic E-state index is -0.428. The number of amides is 1. The molecule has 0 bridgehead atoms. The van der Waals surface area contributed by atoms with Crippen LogP contribution in [0.4, 0.5) is 5.69 Å². The van der Waals surface area contributed by atoms with Crippen LogP contribution in [0.2, 0.25) is 0 Å². The maximum atomic E-state index is 12.1. The second kappa shape index (κ2) is 8.90. The lowest BCUT2D eigenvalue weighted by Crippen LogP contribution is -2.18. The van der Waals surface area contributed by atoms with Gasteiger partial charge in [-0.25, -0.2) is 0 Å². The molecule has 2 rings (SSSR count). The molecular weight excluding hydrogens is 366 g/mol. The van der Waals surface area contributed by atoms with E-state index in [0.29, 0.717) is 12.2 Å². The maximum absolute atomic E-state index is 12.1. The van der Waals surface area contributed by atoms with E-state index in [0.717, 1.165) is 10.9 Å². The van der Waals surface area contributed by atoms with Gasteiger partial charge in [0.05, 0.1) is 0 Å². The summed E-state index contributed by atoms with van der Waals surface area (Å²) in [5.74, 6) is -0.428. The number of rotatable bonds is 6. The monoisotopic (exact) mass is 383 g/mol. The van der Waals surface area contributed by atoms with Crippen LogP contribution in [-0.2, 0) is 11.2 Å². The molecule has 0 aliphatic carbocycles. The van der Waals surface area contributed by atoms with Gasteiger partial charge < -0.3 is 10.6 Å². The highest BCUT2D eigenvalue weighted by atomic mass is 79.9. The zero-order chi connectivity index (χ0) is 17.4. The maximum Gasteiger partial charge on any atom is 0.267 e. The highest BCUT2D eigenvalue weighted by Gasteiger charge is 2.08. The summed E-state index contributed by atoms with van der Waals surface area (Å²) in [6.07, 6.45) is 2.29. The Hall–Kier alpha value is -2.58. The van der Waals surface area contributed by atoms with Gasteiger partial charge in [0.25, 0.3) is 5.91 Å². The van der Waals surface area contributed by atoms with Crippen molar-refractivity contribution >= 4 is 27.5 Å². The molecule has 4 nitrogen and oxygen atoms in total. The van der Waals surface area contributed by atoms with Gasteiger partial charge in [-0.15, -0.1) is 0 Å². The van der Waals surface area contributed by atoms with E-state index in [1.54, 1.807) is 12.1 Å². The van der Waals surface area contributed by atoms with Gasteiger partial charge in [0.2, 0.25) is 0 Å². The molecule has 0 aliphatic rings. The molecule has 0 heterocycles. The summed E-state index contributed by atoms with van der Waals surface area (Å²) in [4.78, 5) is 12.1. The highest BCUT2D eigenvalue weighted by molar-refractivity contribution is 9.10. The number of nitrogens with zero attached hydrogens (tertiary/aromatic N) is 1. The second-order valence-corrected chi connectivity index (χ2v) is 6.24. The Balaban J connectivity index is 1.87. The van der Waals surface area contributed by atoms with E-state index in [-0.39, 0.29) is 5.57 Å². The first-order valence-corrected chi connectivity index (χ1v) is 8.34. The van der Waals surface area contributed by atoms with Gasteiger partial charge in [-0.2, -0.15) is 5.26 Å². The average Bonchev–Trinajstić information content (AvgIpc) is 2.57. The molecule has 1 amide bonds. The van der Waals surface area contributed by atoms with E-state index in [4.69, 9.17) is 5.26 Å². The fourth-order valence-electron chi connectivity index (χ4n) is 2.14. The Labute approximate surface area is 150 Å². The van der Waals surface area contributed by atoms with Crippen molar-refractivity contribution in [2.75, 3.05) is 11.9 Å². The Bertz CT molecular complexity index is 776. The van der Waals surface area contributed by atoms with Crippen LogP contribution in [0, 0.1) is 18.3 Å². The number of anilines is 1. The lowest BCUT2D eigenvalue weighted by atomic mass is 10.1. The van der Waals surface area contributed by atoms with Gasteiger partial charge in [-0.1, -0.05) is 45.8 Å². The van der Waals surface area contributed by atoms with Crippen molar-refractivity contribution in [1.29, 1.82) is 5.26 Å². The fraction of sp³-hybridized carbons (Fsp3) is 0.158. The molecule has 122 valence electrons. The number of benzene rings is 2. The van der Waals surface area contributed by atoms with E-state index in [2.05, 4.69) is 51.7 Å². The molecule has 0 saturated carbocycles. The molecule has 0 unspecified atom stereocenters. The largest absolute Gasteiger partial charge is 0.389 e. The number of aryl methyl sites for hydroxylation is 1. The summed E-state index contributed by atoms with van der Waals surface area (Å²) in [6, 6.07) is 17.4. The third-order valence-corrected chi connectivity index (χ3v) is 3.88. The molecule has 0 radical (unpaired) electrons. The zero-order valence-corrected chi connectivity index (χ0v) is 14.9. The van der Waals surface area contributed by atoms with E-state index in [1.807, 2.05) is 24.3 Å². The summed E-state index contributed by atoms with van der Waals surface area (Å²) in [5.41, 5.74) is 3.12. The number of carbonyl (C=O) groups excluding carboxylic acids is 1. The third-order valence-electron chi connectivity index (χ3n) is 3.35. The molecule has 2 aromatic rings. The van der Waals surface area contributed by atoms with E-state index >= 15 is 0 Å². The quantitative estimate of drug-likeness (QED) is 0.451. The molecule has 0 fully saturated rings. The van der Waals surface area contributed by atoms with Crippen molar-refractivity contribution in [3.05, 3.63) is 75.9 Å². The van der Waals surface area contributed by atoms with Crippen LogP contribution < -0.4 is 10.6 Å². The lowest BCUT2D eigenvalue weighted by Gasteiger charge is -2.06. The fourth-order valence-corrected chi connectivity index (χ4v) is 2.40. The highest BCUT2D eigenvalue weighted by Crippen LogP contribution is 2.14. The molecule has 24 heavy (non-hydrogen) atoms. The Morgan fingerprint density at radius 3 is 2.67 bits per heavy atom. The molecule has 0 saturated heterocycles. The molecule has 0 aliphatic heterocycles. The summed E-state index contributed by atoms with van der Waals surface area (Å²) < 4.78 is 0.925. The number of nitrogens with one attached hydrogen (secondary N) is 2. The van der Waals surface area contributed by atoms with Crippen LogP contribution in [0.3, 0.4) is 0 Å². The van der Waals surface area contributed by atoms with Gasteiger partial charge in [-0.05, 0) is 43.2 Å². The molecule has 0 atom stereocenters. The van der Waals surface area contributed by atoms with Crippen LogP contribution in [0.25, 0.3) is 0 Å². The number of carbonyl (C=O) groups is 1. The predicted molar refractivity (Wildman–Crippen MR) is 99.4 cm³/mol. The van der Waals surface area contributed by atoms with Gasteiger partial charge >= 0.3 is 0 Å². The zero-order valence-electron chi connectivity index (χ0n) is 13.3. The van der Waals surface area contributed by atoms with Gasteiger partial charge in [0, 0.05) is 22.9 Å². The second-order valence-electron chi connectivity index (χ2n) is 5.32. The number of nitriles is 1. The Morgan fingerprint density at radius 2 is 2.00 bits per heavy atom. The summed E-state index contributed by atoms with van der Waals surface area (Å²) in [5, 5.41) is 14.9. The summed E-state index contributed by atoms with van der Waals surface area (Å²) in [7, 11) is 0. The van der Waals surface area contributed by atoms with Crippen molar-refractivity contribution < 1.29 is 4.79 Å². The van der Waals surface area contributed by atoms with Crippen LogP contribution in [0.15, 0.2) is 64.8 Å². The smallest absolute Gasteiger partial charge is 0.267 e. The van der Waals surface area contributed by atoms with Gasteiger partial charge in [-0.3, -0.25) is 4.79 Å². The molecular formula is C19H18BrN3O. The Kier molecular flexibility index (Phi) is 6.59. The summed E-state index contributed by atoms with van der Waals surface area (Å²) >= 11 is 3.33. The summed E-state index contributed by atoms with van der Waals surface area (Å²) in [6.45, 7) is 2.71. The Morgan fingerprint density at radius 1 is 1.25 bits per heavy atom. The SMILES string of the molecule is Cc1cccc(CCN/C=C(/C#N)C(=O)Nc2ccc(Br)cc2)c1. The minimum Gasteiger partial charge on any atom is -0.389 e. The third kappa shape index (κ3) is 5.56. The first kappa shape index (κ1) is 17.8. The van der Waals surface area contributed by atoms with Crippen molar-refractivity contribution in [3.63, 3.8) is 0 Å². The first-order valence-electron chi connectivity index (χ1n) is 7.54. The van der Waals surface area contributed by atoms with Crippen molar-refractivity contribution in [3.8, 4) is 6.07 Å². The average molecular weight is 384 g/mol. The van der Waals surface area contributed by atoms with E-state index < -0.39 is 5.91 Å². The predicted octanol–water partition coefficient (Wildman–Crippen LogP) is 3.94. The number of halogens is 1. The molecule has 0 spiro atoms. The molecule has 5 heteroatoms. The van der Waals surface area contributed by atoms with Gasteiger partial charge in [0.1, 0.15) is 11.6 Å². The molecule has 0 aromatic heterocycles. The van der Waals surface area contributed by atoms with Crippen LogP contribution in [0.1, 0.15) is 11.1 Å². The number of hydrogen-bond donors (Lipinski definition) is 2. The molecule has 2 N–H and O–H groups in total. The first-order chi connectivity index (χ1) is 11.6. The molecule has 2 aromatic carbocycles. The van der Waals surface area contributed by atoms with Crippen molar-refractivity contribution in [2.45, 2.75) is 13.3 Å². The van der Waals surface area contributed by atoms with E-state index in [9.17, 15) is 4.79 Å². The normalized spacial score (nSPS) is 10.8.